The summed E-state index contributed by atoms with van der Waals surface area (Å²) in [5.74, 6) is 0.102. The Labute approximate surface area is 121 Å². The summed E-state index contributed by atoms with van der Waals surface area (Å²) >= 11 is 5.26. The molecule has 0 amide bonds. The van der Waals surface area contributed by atoms with Crippen LogP contribution in [0.4, 0.5) is 14.5 Å². The number of aliphatic hydroxyl groups is 1. The molecule has 0 radical (unpaired) electrons. The predicted molar refractivity (Wildman–Crippen MR) is 76.1 cm³/mol. The molecule has 1 aliphatic rings. The van der Waals surface area contributed by atoms with Crippen molar-refractivity contribution in [2.75, 3.05) is 18.4 Å². The number of rotatable bonds is 3. The van der Waals surface area contributed by atoms with Crippen molar-refractivity contribution < 1.29 is 18.6 Å². The third-order valence-electron chi connectivity index (χ3n) is 3.01. The van der Waals surface area contributed by atoms with Crippen LogP contribution in [0.15, 0.2) is 24.3 Å². The number of nitrogens with one attached hydrogen (secondary N) is 1. The summed E-state index contributed by atoms with van der Waals surface area (Å²) in [6, 6.07) is 6.12. The Kier molecular flexibility index (Phi) is 5.08. The van der Waals surface area contributed by atoms with Crippen molar-refractivity contribution in [1.29, 1.82) is 0 Å². The Morgan fingerprint density at radius 3 is 2.70 bits per heavy atom. The maximum atomic E-state index is 12.0. The average molecular weight is 302 g/mol. The van der Waals surface area contributed by atoms with Crippen LogP contribution in [0.2, 0.25) is 0 Å². The minimum absolute atomic E-state index is 0.102. The van der Waals surface area contributed by atoms with Gasteiger partial charge in [0.1, 0.15) is 5.75 Å². The SMILES string of the molecule is O[C@@H]1CCCN(C(=S)Nc2ccc(OC(F)F)cc2)C1. The zero-order chi connectivity index (χ0) is 14.5. The van der Waals surface area contributed by atoms with Crippen LogP contribution in [-0.2, 0) is 0 Å². The summed E-state index contributed by atoms with van der Waals surface area (Å²) in [6.45, 7) is -1.52. The number of nitrogens with zero attached hydrogens (tertiary/aromatic N) is 1. The third-order valence-corrected chi connectivity index (χ3v) is 3.37. The van der Waals surface area contributed by atoms with Gasteiger partial charge in [-0.05, 0) is 49.3 Å². The summed E-state index contributed by atoms with van der Waals surface area (Å²) in [6.07, 6.45) is 1.33. The van der Waals surface area contributed by atoms with Crippen LogP contribution in [0.3, 0.4) is 0 Å². The van der Waals surface area contributed by atoms with Crippen LogP contribution < -0.4 is 10.1 Å². The first-order chi connectivity index (χ1) is 9.54. The quantitative estimate of drug-likeness (QED) is 0.840. The molecule has 1 aliphatic heterocycles. The zero-order valence-corrected chi connectivity index (χ0v) is 11.6. The van der Waals surface area contributed by atoms with Gasteiger partial charge < -0.3 is 20.1 Å². The fraction of sp³-hybridized carbons (Fsp3) is 0.462. The number of hydrogen-bond acceptors (Lipinski definition) is 3. The second kappa shape index (κ2) is 6.81. The molecule has 4 nitrogen and oxygen atoms in total. The fourth-order valence-corrected chi connectivity index (χ4v) is 2.35. The zero-order valence-electron chi connectivity index (χ0n) is 10.8. The number of anilines is 1. The molecule has 1 fully saturated rings. The van der Waals surface area contributed by atoms with Gasteiger partial charge in [-0.3, -0.25) is 0 Å². The topological polar surface area (TPSA) is 44.7 Å². The summed E-state index contributed by atoms with van der Waals surface area (Å²) < 4.78 is 28.3. The summed E-state index contributed by atoms with van der Waals surface area (Å²) in [5.41, 5.74) is 0.691. The van der Waals surface area contributed by atoms with E-state index in [0.717, 1.165) is 19.4 Å². The van der Waals surface area contributed by atoms with Crippen molar-refractivity contribution >= 4 is 23.0 Å². The van der Waals surface area contributed by atoms with Crippen LogP contribution in [0.25, 0.3) is 0 Å². The van der Waals surface area contributed by atoms with Crippen molar-refractivity contribution in [3.63, 3.8) is 0 Å². The minimum Gasteiger partial charge on any atom is -0.435 e. The van der Waals surface area contributed by atoms with E-state index in [-0.39, 0.29) is 11.9 Å². The van der Waals surface area contributed by atoms with Gasteiger partial charge in [-0.25, -0.2) is 0 Å². The second-order valence-corrected chi connectivity index (χ2v) is 4.96. The first-order valence-corrected chi connectivity index (χ1v) is 6.74. The number of likely N-dealkylation sites (tertiary alicyclic amines) is 1. The molecule has 110 valence electrons. The maximum absolute atomic E-state index is 12.0. The van der Waals surface area contributed by atoms with Gasteiger partial charge in [0, 0.05) is 18.8 Å². The Morgan fingerprint density at radius 1 is 1.40 bits per heavy atom. The monoisotopic (exact) mass is 302 g/mol. The maximum Gasteiger partial charge on any atom is 0.387 e. The molecule has 0 unspecified atom stereocenters. The van der Waals surface area contributed by atoms with Gasteiger partial charge in [0.2, 0.25) is 0 Å². The number of piperidine rings is 1. The number of benzene rings is 1. The molecule has 0 aromatic heterocycles. The van der Waals surface area contributed by atoms with Crippen molar-refractivity contribution in [2.24, 2.45) is 0 Å². The third kappa shape index (κ3) is 4.28. The highest BCUT2D eigenvalue weighted by Gasteiger charge is 2.19. The first kappa shape index (κ1) is 14.9. The molecule has 0 saturated carbocycles. The molecule has 1 aromatic rings. The molecule has 0 bridgehead atoms. The molecular weight excluding hydrogens is 286 g/mol. The van der Waals surface area contributed by atoms with Crippen molar-refractivity contribution in [3.05, 3.63) is 24.3 Å². The molecule has 1 atom stereocenters. The number of thiocarbonyl (C=S) groups is 1. The Balaban J connectivity index is 1.90. The van der Waals surface area contributed by atoms with E-state index in [9.17, 15) is 13.9 Å². The molecular formula is C13H16F2N2O2S. The van der Waals surface area contributed by atoms with Gasteiger partial charge in [-0.2, -0.15) is 8.78 Å². The van der Waals surface area contributed by atoms with E-state index < -0.39 is 6.61 Å². The van der Waals surface area contributed by atoms with E-state index in [1.165, 1.54) is 12.1 Å². The van der Waals surface area contributed by atoms with Crippen LogP contribution in [0.1, 0.15) is 12.8 Å². The number of hydrogen-bond donors (Lipinski definition) is 2. The smallest absolute Gasteiger partial charge is 0.387 e. The van der Waals surface area contributed by atoms with E-state index in [1.54, 1.807) is 12.1 Å². The highest BCUT2D eigenvalue weighted by Crippen LogP contribution is 2.19. The summed E-state index contributed by atoms with van der Waals surface area (Å²) in [5, 5.41) is 13.1. The molecule has 2 rings (SSSR count). The molecule has 0 aliphatic carbocycles. The predicted octanol–water partition coefficient (Wildman–Crippen LogP) is 2.44. The van der Waals surface area contributed by atoms with Gasteiger partial charge in [0.25, 0.3) is 0 Å². The van der Waals surface area contributed by atoms with Gasteiger partial charge in [0.15, 0.2) is 5.11 Å². The Bertz CT molecular complexity index is 456. The highest BCUT2D eigenvalue weighted by atomic mass is 32.1. The first-order valence-electron chi connectivity index (χ1n) is 6.33. The molecule has 1 aromatic carbocycles. The normalized spacial score (nSPS) is 19.0. The van der Waals surface area contributed by atoms with Crippen LogP contribution in [0, 0.1) is 0 Å². The van der Waals surface area contributed by atoms with Gasteiger partial charge in [0.05, 0.1) is 6.10 Å². The number of β-amino-alcohol motifs (C(OH)–C–C–N with tert-alkyl or cyclic N) is 1. The van der Waals surface area contributed by atoms with Crippen LogP contribution >= 0.6 is 12.2 Å². The van der Waals surface area contributed by atoms with Gasteiger partial charge >= 0.3 is 6.61 Å². The molecule has 1 saturated heterocycles. The molecule has 20 heavy (non-hydrogen) atoms. The van der Waals surface area contributed by atoms with E-state index in [2.05, 4.69) is 10.1 Å². The standard InChI is InChI=1S/C13H16F2N2O2S/c14-12(15)19-11-5-3-9(4-6-11)16-13(20)17-7-1-2-10(18)8-17/h3-6,10,12,18H,1-2,7-8H2,(H,16,20)/t10-/m1/s1. The largest absolute Gasteiger partial charge is 0.435 e. The number of halogens is 2. The van der Waals surface area contributed by atoms with Crippen molar-refractivity contribution in [3.8, 4) is 5.75 Å². The van der Waals surface area contributed by atoms with E-state index >= 15 is 0 Å². The fourth-order valence-electron chi connectivity index (χ4n) is 2.06. The number of ether oxygens (including phenoxy) is 1. The summed E-state index contributed by atoms with van der Waals surface area (Å²) in [4.78, 5) is 1.90. The lowest BCUT2D eigenvalue weighted by Gasteiger charge is -2.32. The molecule has 7 heteroatoms. The lowest BCUT2D eigenvalue weighted by atomic mass is 10.1. The van der Waals surface area contributed by atoms with Gasteiger partial charge in [-0.1, -0.05) is 0 Å². The molecule has 2 N–H and O–H groups in total. The number of alkyl halides is 2. The Morgan fingerprint density at radius 2 is 2.10 bits per heavy atom. The second-order valence-electron chi connectivity index (χ2n) is 4.58. The highest BCUT2D eigenvalue weighted by molar-refractivity contribution is 7.80. The lowest BCUT2D eigenvalue weighted by molar-refractivity contribution is -0.0498. The van der Waals surface area contributed by atoms with Crippen molar-refractivity contribution in [1.82, 2.24) is 4.90 Å². The average Bonchev–Trinajstić information content (AvgIpc) is 2.40. The molecule has 1 heterocycles. The van der Waals surface area contributed by atoms with E-state index in [1.807, 2.05) is 4.90 Å². The van der Waals surface area contributed by atoms with Crippen LogP contribution in [-0.4, -0.2) is 40.9 Å². The Hall–Kier alpha value is -1.47. The van der Waals surface area contributed by atoms with Crippen LogP contribution in [0.5, 0.6) is 5.75 Å². The summed E-state index contributed by atoms with van der Waals surface area (Å²) in [7, 11) is 0. The van der Waals surface area contributed by atoms with E-state index in [4.69, 9.17) is 12.2 Å². The molecule has 0 spiro atoms. The lowest BCUT2D eigenvalue weighted by Crippen LogP contribution is -2.44. The van der Waals surface area contributed by atoms with E-state index in [0.29, 0.717) is 17.3 Å². The van der Waals surface area contributed by atoms with Crippen molar-refractivity contribution in [2.45, 2.75) is 25.6 Å². The number of aliphatic hydroxyl groups excluding tert-OH is 1. The minimum atomic E-state index is -2.83. The van der Waals surface area contributed by atoms with Gasteiger partial charge in [-0.15, -0.1) is 0 Å².